The molecule has 3 rings (SSSR count). The fraction of sp³-hybridized carbons (Fsp3) is 0.238. The Bertz CT molecular complexity index is 857. The zero-order chi connectivity index (χ0) is 18.9. The second kappa shape index (κ2) is 9.52. The third-order valence-electron chi connectivity index (χ3n) is 4.28. The maximum atomic E-state index is 13.6. The number of aliphatic imine (C=N–C) groups is 1. The van der Waals surface area contributed by atoms with E-state index < -0.39 is 0 Å². The van der Waals surface area contributed by atoms with Crippen molar-refractivity contribution >= 4 is 5.96 Å². The van der Waals surface area contributed by atoms with Crippen LogP contribution in [0.4, 0.5) is 4.39 Å². The molecule has 3 aromatic rings. The lowest BCUT2D eigenvalue weighted by Gasteiger charge is -2.12. The van der Waals surface area contributed by atoms with Gasteiger partial charge in [-0.15, -0.1) is 0 Å². The Kier molecular flexibility index (Phi) is 6.57. The Labute approximate surface area is 159 Å². The van der Waals surface area contributed by atoms with Gasteiger partial charge in [0.1, 0.15) is 5.82 Å². The van der Waals surface area contributed by atoms with E-state index in [9.17, 15) is 4.39 Å². The van der Waals surface area contributed by atoms with E-state index in [1.54, 1.807) is 25.4 Å². The van der Waals surface area contributed by atoms with Crippen LogP contribution in [0.5, 0.6) is 0 Å². The maximum Gasteiger partial charge on any atom is 0.191 e. The van der Waals surface area contributed by atoms with Crippen LogP contribution >= 0.6 is 0 Å². The van der Waals surface area contributed by atoms with Crippen LogP contribution < -0.4 is 10.6 Å². The molecule has 140 valence electrons. The summed E-state index contributed by atoms with van der Waals surface area (Å²) in [6.07, 6.45) is 6.15. The Morgan fingerprint density at radius 3 is 2.56 bits per heavy atom. The van der Waals surface area contributed by atoms with Crippen molar-refractivity contribution in [3.63, 3.8) is 0 Å². The first-order chi connectivity index (χ1) is 13.2. The van der Waals surface area contributed by atoms with Crippen LogP contribution in [0.25, 0.3) is 0 Å². The predicted octanol–water partition coefficient (Wildman–Crippen LogP) is 2.98. The van der Waals surface area contributed by atoms with Crippen molar-refractivity contribution in [2.45, 2.75) is 19.5 Å². The van der Waals surface area contributed by atoms with Crippen LogP contribution in [-0.4, -0.2) is 29.1 Å². The molecule has 0 amide bonds. The first kappa shape index (κ1) is 18.6. The van der Waals surface area contributed by atoms with Crippen LogP contribution in [0.3, 0.4) is 0 Å². The average molecular weight is 365 g/mol. The molecule has 2 N–H and O–H groups in total. The van der Waals surface area contributed by atoms with Gasteiger partial charge in [0.2, 0.25) is 0 Å². The van der Waals surface area contributed by atoms with Crippen molar-refractivity contribution in [2.75, 3.05) is 13.6 Å². The summed E-state index contributed by atoms with van der Waals surface area (Å²) < 4.78 is 15.7. The molecule has 0 bridgehead atoms. The molecule has 0 spiro atoms. The topological polar surface area (TPSA) is 54.2 Å². The Hall–Kier alpha value is -3.15. The lowest BCUT2D eigenvalue weighted by atomic mass is 10.1. The van der Waals surface area contributed by atoms with Gasteiger partial charge in [-0.1, -0.05) is 42.5 Å². The minimum absolute atomic E-state index is 0.168. The van der Waals surface area contributed by atoms with Crippen molar-refractivity contribution in [2.24, 2.45) is 4.99 Å². The van der Waals surface area contributed by atoms with Gasteiger partial charge < -0.3 is 15.2 Å². The van der Waals surface area contributed by atoms with Crippen LogP contribution in [0.15, 0.2) is 72.2 Å². The molecule has 0 unspecified atom stereocenters. The van der Waals surface area contributed by atoms with Gasteiger partial charge in [0.15, 0.2) is 5.96 Å². The average Bonchev–Trinajstić information content (AvgIpc) is 3.20. The van der Waals surface area contributed by atoms with Crippen molar-refractivity contribution in [3.05, 3.63) is 89.8 Å². The Balaban J connectivity index is 1.44. The van der Waals surface area contributed by atoms with Crippen LogP contribution in [0, 0.1) is 5.82 Å². The minimum Gasteiger partial charge on any atom is -0.356 e. The number of benzene rings is 2. The summed E-state index contributed by atoms with van der Waals surface area (Å²) in [7, 11) is 1.73. The van der Waals surface area contributed by atoms with E-state index in [1.165, 1.54) is 17.2 Å². The molecule has 6 heteroatoms. The number of halogens is 1. The number of guanidine groups is 1. The fourth-order valence-electron chi connectivity index (χ4n) is 2.78. The van der Waals surface area contributed by atoms with Crippen molar-refractivity contribution in [1.29, 1.82) is 0 Å². The first-order valence-corrected chi connectivity index (χ1v) is 8.96. The molecule has 0 atom stereocenters. The number of nitrogens with one attached hydrogen (secondary N) is 2. The highest BCUT2D eigenvalue weighted by Gasteiger charge is 2.02. The first-order valence-electron chi connectivity index (χ1n) is 8.96. The van der Waals surface area contributed by atoms with E-state index in [4.69, 9.17) is 0 Å². The van der Waals surface area contributed by atoms with Crippen molar-refractivity contribution < 1.29 is 4.39 Å². The highest BCUT2D eigenvalue weighted by Crippen LogP contribution is 2.07. The Morgan fingerprint density at radius 1 is 1.07 bits per heavy atom. The van der Waals surface area contributed by atoms with Crippen LogP contribution in [0.1, 0.15) is 16.7 Å². The quantitative estimate of drug-likeness (QED) is 0.500. The van der Waals surface area contributed by atoms with Gasteiger partial charge in [-0.25, -0.2) is 9.37 Å². The maximum absolute atomic E-state index is 13.6. The van der Waals surface area contributed by atoms with Gasteiger partial charge in [-0.2, -0.15) is 0 Å². The Morgan fingerprint density at radius 2 is 1.85 bits per heavy atom. The van der Waals surface area contributed by atoms with Crippen LogP contribution in [-0.2, 0) is 19.5 Å². The summed E-state index contributed by atoms with van der Waals surface area (Å²) in [5.41, 5.74) is 3.10. The van der Waals surface area contributed by atoms with Gasteiger partial charge in [-0.3, -0.25) is 4.99 Å². The molecule has 0 aliphatic rings. The molecule has 0 saturated carbocycles. The molecule has 0 radical (unpaired) electrons. The number of imidazole rings is 1. The van der Waals surface area contributed by atoms with Gasteiger partial charge in [0.05, 0.1) is 6.33 Å². The molecule has 0 fully saturated rings. The number of hydrogen-bond acceptors (Lipinski definition) is 2. The smallest absolute Gasteiger partial charge is 0.191 e. The number of hydrogen-bond donors (Lipinski definition) is 2. The van der Waals surface area contributed by atoms with Crippen molar-refractivity contribution in [1.82, 2.24) is 20.2 Å². The number of aromatic nitrogens is 2. The zero-order valence-electron chi connectivity index (χ0n) is 15.4. The minimum atomic E-state index is -0.168. The van der Waals surface area contributed by atoms with E-state index >= 15 is 0 Å². The number of rotatable bonds is 7. The largest absolute Gasteiger partial charge is 0.356 e. The molecular weight excluding hydrogens is 341 g/mol. The molecule has 2 aromatic carbocycles. The molecule has 27 heavy (non-hydrogen) atoms. The lowest BCUT2D eigenvalue weighted by molar-refractivity contribution is 0.606. The normalized spacial score (nSPS) is 11.4. The molecule has 1 heterocycles. The summed E-state index contributed by atoms with van der Waals surface area (Å²) in [6, 6.07) is 15.3. The summed E-state index contributed by atoms with van der Waals surface area (Å²) in [4.78, 5) is 8.27. The van der Waals surface area contributed by atoms with E-state index in [-0.39, 0.29) is 5.82 Å². The standard InChI is InChI=1S/C21H24FN5/c1-23-21(25-11-10-19-4-2-3-5-20(19)22)26-14-17-6-8-18(9-7-17)15-27-13-12-24-16-27/h2-9,12-13,16H,10-11,14-15H2,1H3,(H2,23,25,26). The zero-order valence-corrected chi connectivity index (χ0v) is 15.4. The van der Waals surface area contributed by atoms with E-state index in [0.717, 1.165) is 6.54 Å². The molecule has 0 aliphatic carbocycles. The highest BCUT2D eigenvalue weighted by molar-refractivity contribution is 5.79. The molecule has 0 saturated heterocycles. The lowest BCUT2D eigenvalue weighted by Crippen LogP contribution is -2.37. The second-order valence-corrected chi connectivity index (χ2v) is 6.25. The third-order valence-corrected chi connectivity index (χ3v) is 4.28. The third kappa shape index (κ3) is 5.67. The summed E-state index contributed by atoms with van der Waals surface area (Å²) >= 11 is 0. The second-order valence-electron chi connectivity index (χ2n) is 6.25. The van der Waals surface area contributed by atoms with Gasteiger partial charge in [0, 0.05) is 39.1 Å². The van der Waals surface area contributed by atoms with Gasteiger partial charge in [0.25, 0.3) is 0 Å². The highest BCUT2D eigenvalue weighted by atomic mass is 19.1. The van der Waals surface area contributed by atoms with Crippen molar-refractivity contribution in [3.8, 4) is 0 Å². The predicted molar refractivity (Wildman–Crippen MR) is 106 cm³/mol. The van der Waals surface area contributed by atoms with Gasteiger partial charge >= 0.3 is 0 Å². The van der Waals surface area contributed by atoms with Crippen LogP contribution in [0.2, 0.25) is 0 Å². The van der Waals surface area contributed by atoms with E-state index in [1.807, 2.05) is 23.2 Å². The molecular formula is C21H24FN5. The molecule has 1 aromatic heterocycles. The van der Waals surface area contributed by atoms with E-state index in [2.05, 4.69) is 44.9 Å². The number of nitrogens with zero attached hydrogens (tertiary/aromatic N) is 3. The molecule has 0 aliphatic heterocycles. The molecule has 5 nitrogen and oxygen atoms in total. The van der Waals surface area contributed by atoms with E-state index in [0.29, 0.717) is 31.0 Å². The fourth-order valence-corrected chi connectivity index (χ4v) is 2.78. The summed E-state index contributed by atoms with van der Waals surface area (Å²) in [5.74, 6) is 0.534. The summed E-state index contributed by atoms with van der Waals surface area (Å²) in [5, 5.41) is 6.50. The SMILES string of the molecule is CN=C(NCCc1ccccc1F)NCc1ccc(Cn2ccnc2)cc1. The summed E-state index contributed by atoms with van der Waals surface area (Å²) in [6.45, 7) is 2.10. The van der Waals surface area contributed by atoms with Gasteiger partial charge in [-0.05, 0) is 29.2 Å². The monoisotopic (exact) mass is 365 g/mol.